The third kappa shape index (κ3) is 7.50. The molecule has 0 aromatic heterocycles. The van der Waals surface area contributed by atoms with Crippen LogP contribution in [0.4, 0.5) is 14.5 Å². The molecule has 0 atom stereocenters. The van der Waals surface area contributed by atoms with Crippen molar-refractivity contribution in [3.05, 3.63) is 99.6 Å². The van der Waals surface area contributed by atoms with Gasteiger partial charge >= 0.3 is 0 Å². The highest BCUT2D eigenvalue weighted by Crippen LogP contribution is 2.23. The Morgan fingerprint density at radius 1 is 0.743 bits per heavy atom. The van der Waals surface area contributed by atoms with Crippen LogP contribution < -0.4 is 0 Å². The van der Waals surface area contributed by atoms with Crippen LogP contribution in [0.5, 0.6) is 0 Å². The van der Waals surface area contributed by atoms with Crippen molar-refractivity contribution in [3.8, 4) is 35.5 Å². The Labute approximate surface area is 211 Å². The maximum Gasteiger partial charge on any atom is 0.153 e. The second kappa shape index (κ2) is 13.0. The second-order valence-electron chi connectivity index (χ2n) is 7.70. The third-order valence-electron chi connectivity index (χ3n) is 5.13. The molecule has 4 heteroatoms. The number of isothiocyanates is 1. The van der Waals surface area contributed by atoms with Gasteiger partial charge in [0.15, 0.2) is 11.6 Å². The SMILES string of the molecule is CCCCC#Cc1ccc(C#Cc2ccc(C#Cc3cc(F)c(N=C=S)c(F)c3)cc2)c(CC)c1. The van der Waals surface area contributed by atoms with E-state index in [9.17, 15) is 8.78 Å². The molecule has 0 fully saturated rings. The average molecular weight is 480 g/mol. The number of aryl methyl sites for hydroxylation is 1. The summed E-state index contributed by atoms with van der Waals surface area (Å²) in [5.41, 5.74) is 4.47. The van der Waals surface area contributed by atoms with Crippen molar-refractivity contribution >= 4 is 23.1 Å². The zero-order valence-electron chi connectivity index (χ0n) is 19.6. The van der Waals surface area contributed by atoms with Crippen molar-refractivity contribution in [2.75, 3.05) is 0 Å². The predicted molar refractivity (Wildman–Crippen MR) is 142 cm³/mol. The molecule has 0 aliphatic rings. The maximum atomic E-state index is 14.0. The molecule has 172 valence electrons. The fourth-order valence-electron chi connectivity index (χ4n) is 3.23. The zero-order valence-corrected chi connectivity index (χ0v) is 20.5. The number of rotatable bonds is 4. The lowest BCUT2D eigenvalue weighted by Crippen LogP contribution is -1.89. The highest BCUT2D eigenvalue weighted by molar-refractivity contribution is 7.78. The lowest BCUT2D eigenvalue weighted by atomic mass is 10.0. The number of thiocarbonyl (C=S) groups is 1. The molecule has 0 saturated heterocycles. The van der Waals surface area contributed by atoms with Crippen molar-refractivity contribution in [2.45, 2.75) is 39.5 Å². The minimum absolute atomic E-state index is 0.206. The van der Waals surface area contributed by atoms with Gasteiger partial charge in [-0.3, -0.25) is 0 Å². The van der Waals surface area contributed by atoms with Crippen molar-refractivity contribution < 1.29 is 8.78 Å². The molecule has 0 heterocycles. The van der Waals surface area contributed by atoms with Gasteiger partial charge in [-0.15, -0.1) is 0 Å². The summed E-state index contributed by atoms with van der Waals surface area (Å²) in [6.45, 7) is 4.27. The summed E-state index contributed by atoms with van der Waals surface area (Å²) in [6, 6.07) is 15.8. The van der Waals surface area contributed by atoms with Crippen LogP contribution in [0.25, 0.3) is 0 Å². The van der Waals surface area contributed by atoms with Crippen molar-refractivity contribution in [1.82, 2.24) is 0 Å². The van der Waals surface area contributed by atoms with Crippen LogP contribution in [0.15, 0.2) is 59.6 Å². The van der Waals surface area contributed by atoms with Gasteiger partial charge in [0.1, 0.15) is 5.69 Å². The van der Waals surface area contributed by atoms with Crippen molar-refractivity contribution in [1.29, 1.82) is 0 Å². The van der Waals surface area contributed by atoms with Crippen LogP contribution in [0.3, 0.4) is 0 Å². The molecule has 0 radical (unpaired) electrons. The Morgan fingerprint density at radius 3 is 1.94 bits per heavy atom. The monoisotopic (exact) mass is 479 g/mol. The number of benzene rings is 3. The summed E-state index contributed by atoms with van der Waals surface area (Å²) in [5, 5.41) is 1.96. The average Bonchev–Trinajstić information content (AvgIpc) is 2.87. The number of hydrogen-bond acceptors (Lipinski definition) is 2. The molecule has 3 aromatic rings. The van der Waals surface area contributed by atoms with E-state index in [0.29, 0.717) is 5.56 Å². The fraction of sp³-hybridized carbons (Fsp3) is 0.194. The molecule has 3 rings (SSSR count). The van der Waals surface area contributed by atoms with E-state index >= 15 is 0 Å². The molecule has 0 saturated carbocycles. The summed E-state index contributed by atoms with van der Waals surface area (Å²) < 4.78 is 27.9. The van der Waals surface area contributed by atoms with Crippen molar-refractivity contribution in [3.63, 3.8) is 0 Å². The normalized spacial score (nSPS) is 9.49. The van der Waals surface area contributed by atoms with Gasteiger partial charge in [-0.25, -0.2) is 8.78 Å². The number of unbranched alkanes of at least 4 members (excludes halogenated alkanes) is 2. The van der Waals surface area contributed by atoms with E-state index in [1.807, 2.05) is 41.6 Å². The molecule has 1 nitrogen and oxygen atoms in total. The van der Waals surface area contributed by atoms with E-state index in [-0.39, 0.29) is 5.56 Å². The van der Waals surface area contributed by atoms with Gasteiger partial charge in [0, 0.05) is 34.2 Å². The first-order valence-electron chi connectivity index (χ1n) is 11.4. The Bertz CT molecular complexity index is 1420. The smallest absolute Gasteiger partial charge is 0.153 e. The van der Waals surface area contributed by atoms with Crippen LogP contribution in [0.1, 0.15) is 66.5 Å². The molecule has 0 aliphatic carbocycles. The van der Waals surface area contributed by atoms with Gasteiger partial charge in [-0.1, -0.05) is 55.8 Å². The standard InChI is InChI=1S/C31H23F2NS/c1-3-5-6-7-8-25-16-18-28(27(4-2)19-25)17-15-24-11-9-23(10-12-24)13-14-26-20-29(32)31(34-22-35)30(33)21-26/h9-12,16,18-21H,3-6H2,1-2H3. The van der Waals surface area contributed by atoms with E-state index in [2.05, 4.69) is 72.6 Å². The molecule has 0 unspecified atom stereocenters. The largest absolute Gasteiger partial charge is 0.204 e. The molecule has 0 N–H and O–H groups in total. The van der Waals surface area contributed by atoms with E-state index in [4.69, 9.17) is 0 Å². The molecule has 0 spiro atoms. The van der Waals surface area contributed by atoms with E-state index in [1.165, 1.54) is 5.56 Å². The van der Waals surface area contributed by atoms with Crippen LogP contribution in [-0.2, 0) is 6.42 Å². The quantitative estimate of drug-likeness (QED) is 0.162. The first-order chi connectivity index (χ1) is 17.0. The molecular weight excluding hydrogens is 456 g/mol. The van der Waals surface area contributed by atoms with E-state index in [0.717, 1.165) is 54.5 Å². The van der Waals surface area contributed by atoms with Crippen LogP contribution in [-0.4, -0.2) is 5.16 Å². The predicted octanol–water partition coefficient (Wildman–Crippen LogP) is 7.60. The molecule has 35 heavy (non-hydrogen) atoms. The first kappa shape index (κ1) is 25.6. The molecule has 3 aromatic carbocycles. The number of halogens is 2. The lowest BCUT2D eigenvalue weighted by Gasteiger charge is -2.02. The summed E-state index contributed by atoms with van der Waals surface area (Å²) in [5.74, 6) is 16.9. The topological polar surface area (TPSA) is 12.4 Å². The zero-order chi connectivity index (χ0) is 25.0. The van der Waals surface area contributed by atoms with Gasteiger partial charge in [0.05, 0.1) is 5.16 Å². The van der Waals surface area contributed by atoms with Gasteiger partial charge in [0.25, 0.3) is 0 Å². The van der Waals surface area contributed by atoms with Gasteiger partial charge in [-0.05, 0) is 85.2 Å². The minimum Gasteiger partial charge on any atom is -0.204 e. The maximum absolute atomic E-state index is 14.0. The summed E-state index contributed by atoms with van der Waals surface area (Å²) in [7, 11) is 0. The minimum atomic E-state index is -0.833. The molecular formula is C31H23F2NS. The number of aliphatic imine (C=N–C) groups is 1. The Morgan fingerprint density at radius 2 is 1.34 bits per heavy atom. The first-order valence-corrected chi connectivity index (χ1v) is 11.8. The van der Waals surface area contributed by atoms with Gasteiger partial charge in [0.2, 0.25) is 0 Å². The van der Waals surface area contributed by atoms with Crippen molar-refractivity contribution in [2.24, 2.45) is 4.99 Å². The molecule has 0 bridgehead atoms. The highest BCUT2D eigenvalue weighted by atomic mass is 32.1. The number of hydrogen-bond donors (Lipinski definition) is 0. The Balaban J connectivity index is 1.74. The van der Waals surface area contributed by atoms with E-state index < -0.39 is 17.3 Å². The number of nitrogens with zero attached hydrogens (tertiary/aromatic N) is 1. The van der Waals surface area contributed by atoms with Gasteiger partial charge in [-0.2, -0.15) is 4.99 Å². The Hall–Kier alpha value is -4.00. The lowest BCUT2D eigenvalue weighted by molar-refractivity contribution is 0.587. The highest BCUT2D eigenvalue weighted by Gasteiger charge is 2.09. The van der Waals surface area contributed by atoms with Crippen LogP contribution >= 0.6 is 12.2 Å². The van der Waals surface area contributed by atoms with E-state index in [1.54, 1.807) is 0 Å². The second-order valence-corrected chi connectivity index (χ2v) is 7.88. The molecule has 0 amide bonds. The third-order valence-corrected chi connectivity index (χ3v) is 5.22. The van der Waals surface area contributed by atoms with Gasteiger partial charge < -0.3 is 0 Å². The van der Waals surface area contributed by atoms with Crippen LogP contribution in [0.2, 0.25) is 0 Å². The molecule has 0 aliphatic heterocycles. The van der Waals surface area contributed by atoms with Crippen LogP contribution in [0, 0.1) is 47.2 Å². The Kier molecular flexibility index (Phi) is 9.54. The summed E-state index contributed by atoms with van der Waals surface area (Å²) in [6.07, 6.45) is 4.07. The fourth-order valence-corrected chi connectivity index (χ4v) is 3.32. The summed E-state index contributed by atoms with van der Waals surface area (Å²) in [4.78, 5) is 3.39. The summed E-state index contributed by atoms with van der Waals surface area (Å²) >= 11 is 4.40.